The largest absolute Gasteiger partial charge is 0.352 e. The normalized spacial score (nSPS) is 17.4. The second-order valence-electron chi connectivity index (χ2n) is 5.42. The van der Waals surface area contributed by atoms with Gasteiger partial charge in [0.05, 0.1) is 15.7 Å². The maximum Gasteiger partial charge on any atom is 0.223 e. The van der Waals surface area contributed by atoms with Crippen molar-refractivity contribution in [3.63, 3.8) is 0 Å². The highest BCUT2D eigenvalue weighted by Crippen LogP contribution is 2.23. The summed E-state index contributed by atoms with van der Waals surface area (Å²) < 4.78 is 3.02. The van der Waals surface area contributed by atoms with E-state index in [0.717, 1.165) is 34.6 Å². The first kappa shape index (κ1) is 13.4. The number of carbonyl (C=O) groups is 1. The first-order chi connectivity index (χ1) is 10.8. The van der Waals surface area contributed by atoms with Crippen molar-refractivity contribution in [3.8, 4) is 0 Å². The molecule has 7 heteroatoms. The lowest BCUT2D eigenvalue weighted by Crippen LogP contribution is -2.35. The number of thiazole rings is 1. The summed E-state index contributed by atoms with van der Waals surface area (Å²) in [5.41, 5.74) is 3.94. The Labute approximate surface area is 131 Å². The third-order valence-corrected chi connectivity index (χ3v) is 4.99. The molecule has 1 N–H and O–H groups in total. The number of nitrogens with one attached hydrogen (secondary N) is 1. The molecular formula is C15H15N5OS. The highest BCUT2D eigenvalue weighted by molar-refractivity contribution is 7.16. The Kier molecular flexibility index (Phi) is 3.34. The van der Waals surface area contributed by atoms with E-state index in [0.29, 0.717) is 13.0 Å². The van der Waals surface area contributed by atoms with E-state index in [-0.39, 0.29) is 11.8 Å². The van der Waals surface area contributed by atoms with Gasteiger partial charge in [-0.1, -0.05) is 12.1 Å². The van der Waals surface area contributed by atoms with Gasteiger partial charge in [-0.2, -0.15) is 5.10 Å². The average molecular weight is 313 g/mol. The van der Waals surface area contributed by atoms with E-state index in [1.54, 1.807) is 17.7 Å². The van der Waals surface area contributed by atoms with Gasteiger partial charge in [0.15, 0.2) is 0 Å². The van der Waals surface area contributed by atoms with Crippen molar-refractivity contribution in [2.45, 2.75) is 25.9 Å². The molecule has 0 saturated carbocycles. The monoisotopic (exact) mass is 313 g/mol. The summed E-state index contributed by atoms with van der Waals surface area (Å²) in [6, 6.07) is 6.01. The molecule has 6 nitrogen and oxygen atoms in total. The van der Waals surface area contributed by atoms with E-state index in [1.165, 1.54) is 0 Å². The quantitative estimate of drug-likeness (QED) is 0.800. The molecule has 0 spiro atoms. The maximum atomic E-state index is 12.4. The molecule has 22 heavy (non-hydrogen) atoms. The molecule has 3 heterocycles. The van der Waals surface area contributed by atoms with Crippen molar-refractivity contribution >= 4 is 27.5 Å². The molecule has 3 aromatic rings. The molecule has 0 radical (unpaired) electrons. The fourth-order valence-electron chi connectivity index (χ4n) is 2.87. The number of fused-ring (bicyclic) bond motifs is 2. The van der Waals surface area contributed by atoms with E-state index in [1.807, 2.05) is 28.4 Å². The van der Waals surface area contributed by atoms with Gasteiger partial charge in [0, 0.05) is 25.4 Å². The summed E-state index contributed by atoms with van der Waals surface area (Å²) in [6.45, 7) is 1.30. The van der Waals surface area contributed by atoms with Gasteiger partial charge in [0.2, 0.25) is 5.91 Å². The van der Waals surface area contributed by atoms with Crippen molar-refractivity contribution in [3.05, 3.63) is 41.4 Å². The zero-order valence-electron chi connectivity index (χ0n) is 11.9. The molecular weight excluding hydrogens is 298 g/mol. The number of benzene rings is 1. The Morgan fingerprint density at radius 1 is 1.41 bits per heavy atom. The van der Waals surface area contributed by atoms with Crippen molar-refractivity contribution in [2.75, 3.05) is 0 Å². The number of carbonyl (C=O) groups excluding carboxylic acids is 1. The molecule has 1 unspecified atom stereocenters. The Balaban J connectivity index is 1.44. The van der Waals surface area contributed by atoms with Gasteiger partial charge in [-0.15, -0.1) is 11.3 Å². The standard InChI is InChI=1S/C15H15N5OS/c21-15(10-4-5-20-13(6-10)17-8-19-20)16-7-11-2-1-3-12-14(11)22-9-18-12/h1-3,8-10H,4-7H2,(H,16,21). The van der Waals surface area contributed by atoms with Gasteiger partial charge in [0.1, 0.15) is 12.2 Å². The second-order valence-corrected chi connectivity index (χ2v) is 6.28. The van der Waals surface area contributed by atoms with Crippen LogP contribution in [0.4, 0.5) is 0 Å². The van der Waals surface area contributed by atoms with Crippen LogP contribution in [0.5, 0.6) is 0 Å². The smallest absolute Gasteiger partial charge is 0.223 e. The fourth-order valence-corrected chi connectivity index (χ4v) is 3.67. The van der Waals surface area contributed by atoms with Crippen LogP contribution in [0.3, 0.4) is 0 Å². The molecule has 4 rings (SSSR count). The molecule has 2 aromatic heterocycles. The lowest BCUT2D eigenvalue weighted by Gasteiger charge is -2.21. The minimum absolute atomic E-state index is 0.0163. The first-order valence-electron chi connectivity index (χ1n) is 7.27. The number of hydrogen-bond acceptors (Lipinski definition) is 5. The first-order valence-corrected chi connectivity index (χ1v) is 8.15. The Hall–Kier alpha value is -2.28. The van der Waals surface area contributed by atoms with Crippen LogP contribution in [0, 0.1) is 5.92 Å². The van der Waals surface area contributed by atoms with Crippen LogP contribution >= 0.6 is 11.3 Å². The summed E-state index contributed by atoms with van der Waals surface area (Å²) in [5, 5.41) is 7.20. The van der Waals surface area contributed by atoms with Crippen molar-refractivity contribution < 1.29 is 4.79 Å². The Morgan fingerprint density at radius 2 is 2.36 bits per heavy atom. The van der Waals surface area contributed by atoms with E-state index in [9.17, 15) is 4.79 Å². The van der Waals surface area contributed by atoms with Crippen LogP contribution in [0.15, 0.2) is 30.0 Å². The van der Waals surface area contributed by atoms with Crippen molar-refractivity contribution in [2.24, 2.45) is 5.92 Å². The zero-order valence-corrected chi connectivity index (χ0v) is 12.7. The minimum atomic E-state index is -0.0163. The number of hydrogen-bond donors (Lipinski definition) is 1. The van der Waals surface area contributed by atoms with E-state index in [2.05, 4.69) is 20.4 Å². The Morgan fingerprint density at radius 3 is 3.32 bits per heavy atom. The highest BCUT2D eigenvalue weighted by Gasteiger charge is 2.25. The van der Waals surface area contributed by atoms with E-state index < -0.39 is 0 Å². The zero-order chi connectivity index (χ0) is 14.9. The fraction of sp³-hybridized carbons (Fsp3) is 0.333. The van der Waals surface area contributed by atoms with Crippen LogP contribution in [0.25, 0.3) is 10.2 Å². The number of amides is 1. The molecule has 0 saturated heterocycles. The molecule has 1 aromatic carbocycles. The summed E-state index contributed by atoms with van der Waals surface area (Å²) in [6.07, 6.45) is 3.03. The Bertz CT molecular complexity index is 824. The summed E-state index contributed by atoms with van der Waals surface area (Å²) in [4.78, 5) is 20.9. The molecule has 0 aliphatic carbocycles. The lowest BCUT2D eigenvalue weighted by atomic mass is 9.97. The molecule has 1 aliphatic heterocycles. The summed E-state index contributed by atoms with van der Waals surface area (Å²) in [7, 11) is 0. The van der Waals surface area contributed by atoms with Crippen LogP contribution < -0.4 is 5.32 Å². The van der Waals surface area contributed by atoms with Crippen molar-refractivity contribution in [1.29, 1.82) is 0 Å². The molecule has 1 amide bonds. The minimum Gasteiger partial charge on any atom is -0.352 e. The number of aromatic nitrogens is 4. The van der Waals surface area contributed by atoms with Crippen molar-refractivity contribution in [1.82, 2.24) is 25.1 Å². The van der Waals surface area contributed by atoms with Gasteiger partial charge >= 0.3 is 0 Å². The highest BCUT2D eigenvalue weighted by atomic mass is 32.1. The third kappa shape index (κ3) is 2.37. The number of aryl methyl sites for hydroxylation is 1. The molecule has 1 atom stereocenters. The second kappa shape index (κ2) is 5.49. The molecule has 0 fully saturated rings. The maximum absolute atomic E-state index is 12.4. The summed E-state index contributed by atoms with van der Waals surface area (Å²) in [5.74, 6) is 0.976. The molecule has 1 aliphatic rings. The average Bonchev–Trinajstić information content (AvgIpc) is 3.20. The van der Waals surface area contributed by atoms with Gasteiger partial charge < -0.3 is 5.32 Å². The lowest BCUT2D eigenvalue weighted by molar-refractivity contribution is -0.125. The van der Waals surface area contributed by atoms with Crippen LogP contribution in [0.1, 0.15) is 17.8 Å². The van der Waals surface area contributed by atoms with E-state index >= 15 is 0 Å². The predicted molar refractivity (Wildman–Crippen MR) is 83.3 cm³/mol. The van der Waals surface area contributed by atoms with Gasteiger partial charge in [-0.3, -0.25) is 9.48 Å². The molecule has 0 bridgehead atoms. The van der Waals surface area contributed by atoms with Crippen LogP contribution in [-0.4, -0.2) is 25.7 Å². The van der Waals surface area contributed by atoms with Crippen LogP contribution in [-0.2, 0) is 24.3 Å². The summed E-state index contributed by atoms with van der Waals surface area (Å²) >= 11 is 1.61. The number of rotatable bonds is 3. The SMILES string of the molecule is O=C(NCc1cccc2ncsc12)C1CCn2ncnc2C1. The van der Waals surface area contributed by atoms with Gasteiger partial charge in [0.25, 0.3) is 0 Å². The third-order valence-electron chi connectivity index (χ3n) is 4.08. The predicted octanol–water partition coefficient (Wildman–Crippen LogP) is 1.77. The van der Waals surface area contributed by atoms with Crippen LogP contribution in [0.2, 0.25) is 0 Å². The van der Waals surface area contributed by atoms with Gasteiger partial charge in [-0.25, -0.2) is 9.97 Å². The van der Waals surface area contributed by atoms with E-state index in [4.69, 9.17) is 0 Å². The number of nitrogens with zero attached hydrogens (tertiary/aromatic N) is 4. The van der Waals surface area contributed by atoms with Gasteiger partial charge in [-0.05, 0) is 18.1 Å². The topological polar surface area (TPSA) is 72.7 Å². The molecule has 112 valence electrons.